The van der Waals surface area contributed by atoms with Gasteiger partial charge in [-0.3, -0.25) is 4.79 Å². The SMILES string of the molecule is O=C(CNc1ccc(F)cc1Br)Nc1ccc(F)cc1. The third kappa shape index (κ3) is 4.03. The lowest BCUT2D eigenvalue weighted by molar-refractivity contribution is -0.114. The van der Waals surface area contributed by atoms with Gasteiger partial charge in [0.2, 0.25) is 5.91 Å². The Morgan fingerprint density at radius 2 is 1.70 bits per heavy atom. The number of nitrogens with one attached hydrogen (secondary N) is 2. The zero-order valence-electron chi connectivity index (χ0n) is 10.3. The summed E-state index contributed by atoms with van der Waals surface area (Å²) in [5, 5.41) is 5.48. The Kier molecular flexibility index (Phi) is 4.68. The zero-order chi connectivity index (χ0) is 14.5. The van der Waals surface area contributed by atoms with Crippen LogP contribution < -0.4 is 10.6 Å². The van der Waals surface area contributed by atoms with E-state index in [-0.39, 0.29) is 24.1 Å². The number of carbonyl (C=O) groups is 1. The molecule has 2 N–H and O–H groups in total. The summed E-state index contributed by atoms with van der Waals surface area (Å²) in [6.07, 6.45) is 0. The first-order valence-electron chi connectivity index (χ1n) is 5.79. The van der Waals surface area contributed by atoms with Crippen molar-refractivity contribution >= 4 is 33.2 Å². The lowest BCUT2D eigenvalue weighted by atomic mass is 10.3. The first-order chi connectivity index (χ1) is 9.54. The lowest BCUT2D eigenvalue weighted by Gasteiger charge is -2.09. The first kappa shape index (κ1) is 14.5. The summed E-state index contributed by atoms with van der Waals surface area (Å²) in [6, 6.07) is 9.61. The minimum atomic E-state index is -0.364. The first-order valence-corrected chi connectivity index (χ1v) is 6.58. The molecule has 0 aliphatic carbocycles. The maximum atomic E-state index is 12.9. The Morgan fingerprint density at radius 3 is 2.35 bits per heavy atom. The summed E-state index contributed by atoms with van der Waals surface area (Å²) >= 11 is 3.20. The van der Waals surface area contributed by atoms with E-state index in [0.717, 1.165) is 0 Å². The Balaban J connectivity index is 1.90. The molecule has 0 radical (unpaired) electrons. The Bertz CT molecular complexity index is 617. The molecule has 0 atom stereocenters. The molecule has 20 heavy (non-hydrogen) atoms. The van der Waals surface area contributed by atoms with Gasteiger partial charge in [-0.05, 0) is 58.4 Å². The predicted molar refractivity (Wildman–Crippen MR) is 77.6 cm³/mol. The summed E-state index contributed by atoms with van der Waals surface area (Å²) < 4.78 is 26.1. The van der Waals surface area contributed by atoms with Crippen LogP contribution in [0.3, 0.4) is 0 Å². The van der Waals surface area contributed by atoms with Crippen LogP contribution in [0.1, 0.15) is 0 Å². The molecule has 0 aliphatic rings. The van der Waals surface area contributed by atoms with E-state index < -0.39 is 0 Å². The molecule has 0 spiro atoms. The van der Waals surface area contributed by atoms with E-state index >= 15 is 0 Å². The normalized spacial score (nSPS) is 10.2. The van der Waals surface area contributed by atoms with Crippen molar-refractivity contribution in [1.29, 1.82) is 0 Å². The minimum absolute atomic E-state index is 0.0155. The maximum Gasteiger partial charge on any atom is 0.243 e. The zero-order valence-corrected chi connectivity index (χ0v) is 11.9. The molecule has 0 unspecified atom stereocenters. The quantitative estimate of drug-likeness (QED) is 0.889. The molecule has 2 aromatic carbocycles. The van der Waals surface area contributed by atoms with Crippen LogP contribution in [-0.2, 0) is 4.79 Å². The van der Waals surface area contributed by atoms with Crippen LogP contribution >= 0.6 is 15.9 Å². The van der Waals surface area contributed by atoms with E-state index in [2.05, 4.69) is 26.6 Å². The van der Waals surface area contributed by atoms with Gasteiger partial charge in [0.05, 0.1) is 6.54 Å². The molecule has 0 bridgehead atoms. The molecule has 0 heterocycles. The molecule has 0 saturated carbocycles. The number of anilines is 2. The van der Waals surface area contributed by atoms with Crippen LogP contribution in [0.2, 0.25) is 0 Å². The summed E-state index contributed by atoms with van der Waals surface area (Å²) in [5.74, 6) is -1.01. The van der Waals surface area contributed by atoms with E-state index in [1.807, 2.05) is 0 Å². The highest BCUT2D eigenvalue weighted by atomic mass is 79.9. The third-order valence-corrected chi connectivity index (χ3v) is 3.15. The van der Waals surface area contributed by atoms with Gasteiger partial charge >= 0.3 is 0 Å². The molecular formula is C14H11BrF2N2O. The van der Waals surface area contributed by atoms with Crippen LogP contribution in [-0.4, -0.2) is 12.5 Å². The van der Waals surface area contributed by atoms with Gasteiger partial charge in [0.1, 0.15) is 11.6 Å². The van der Waals surface area contributed by atoms with E-state index in [4.69, 9.17) is 0 Å². The van der Waals surface area contributed by atoms with Gasteiger partial charge in [-0.1, -0.05) is 0 Å². The van der Waals surface area contributed by atoms with E-state index in [1.54, 1.807) is 0 Å². The van der Waals surface area contributed by atoms with Gasteiger partial charge in [0.25, 0.3) is 0 Å². The molecular weight excluding hydrogens is 330 g/mol. The van der Waals surface area contributed by atoms with E-state index in [1.165, 1.54) is 42.5 Å². The number of halogens is 3. The Hall–Kier alpha value is -1.95. The molecule has 1 amide bonds. The highest BCUT2D eigenvalue weighted by Crippen LogP contribution is 2.22. The van der Waals surface area contributed by atoms with Gasteiger partial charge in [-0.15, -0.1) is 0 Å². The van der Waals surface area contributed by atoms with Crippen molar-refractivity contribution in [3.63, 3.8) is 0 Å². The second kappa shape index (κ2) is 6.47. The van der Waals surface area contributed by atoms with Crippen molar-refractivity contribution in [2.45, 2.75) is 0 Å². The molecule has 104 valence electrons. The second-order valence-corrected chi connectivity index (χ2v) is 4.89. The van der Waals surface area contributed by atoms with Gasteiger partial charge in [-0.25, -0.2) is 8.78 Å². The summed E-state index contributed by atoms with van der Waals surface area (Å²) in [5.41, 5.74) is 1.12. The van der Waals surface area contributed by atoms with Crippen LogP contribution in [0, 0.1) is 11.6 Å². The minimum Gasteiger partial charge on any atom is -0.375 e. The number of hydrogen-bond acceptors (Lipinski definition) is 2. The average Bonchev–Trinajstić information content (AvgIpc) is 2.40. The largest absolute Gasteiger partial charge is 0.375 e. The molecule has 2 aromatic rings. The number of hydrogen-bond donors (Lipinski definition) is 2. The monoisotopic (exact) mass is 340 g/mol. The van der Waals surface area contributed by atoms with Crippen LogP contribution in [0.15, 0.2) is 46.9 Å². The van der Waals surface area contributed by atoms with Gasteiger partial charge in [0, 0.05) is 15.8 Å². The summed E-state index contributed by atoms with van der Waals surface area (Å²) in [4.78, 5) is 11.7. The number of amides is 1. The van der Waals surface area contributed by atoms with Crippen molar-refractivity contribution in [2.75, 3.05) is 17.2 Å². The molecule has 3 nitrogen and oxygen atoms in total. The second-order valence-electron chi connectivity index (χ2n) is 4.03. The standard InChI is InChI=1S/C14H11BrF2N2O/c15-12-7-10(17)3-6-13(12)18-8-14(20)19-11-4-1-9(16)2-5-11/h1-7,18H,8H2,(H,19,20). The highest BCUT2D eigenvalue weighted by Gasteiger charge is 2.05. The average molecular weight is 341 g/mol. The smallest absolute Gasteiger partial charge is 0.243 e. The van der Waals surface area contributed by atoms with Gasteiger partial charge in [-0.2, -0.15) is 0 Å². The molecule has 2 rings (SSSR count). The number of rotatable bonds is 4. The number of benzene rings is 2. The van der Waals surface area contributed by atoms with Crippen molar-refractivity contribution in [3.05, 3.63) is 58.6 Å². The molecule has 0 saturated heterocycles. The fourth-order valence-corrected chi connectivity index (χ4v) is 2.04. The molecule has 0 aliphatic heterocycles. The highest BCUT2D eigenvalue weighted by molar-refractivity contribution is 9.10. The predicted octanol–water partition coefficient (Wildman–Crippen LogP) is 3.78. The van der Waals surface area contributed by atoms with Gasteiger partial charge < -0.3 is 10.6 Å². The third-order valence-electron chi connectivity index (χ3n) is 2.50. The number of carbonyl (C=O) groups excluding carboxylic acids is 1. The van der Waals surface area contributed by atoms with Crippen molar-refractivity contribution < 1.29 is 13.6 Å². The fourth-order valence-electron chi connectivity index (χ4n) is 1.55. The van der Waals surface area contributed by atoms with Crippen molar-refractivity contribution in [1.82, 2.24) is 0 Å². The maximum absolute atomic E-state index is 12.9. The Morgan fingerprint density at radius 1 is 1.05 bits per heavy atom. The molecule has 6 heteroatoms. The van der Waals surface area contributed by atoms with E-state index in [9.17, 15) is 13.6 Å². The van der Waals surface area contributed by atoms with Crippen molar-refractivity contribution in [3.8, 4) is 0 Å². The van der Waals surface area contributed by atoms with E-state index in [0.29, 0.717) is 15.8 Å². The summed E-state index contributed by atoms with van der Waals surface area (Å²) in [6.45, 7) is 0.0155. The van der Waals surface area contributed by atoms with Crippen LogP contribution in [0.4, 0.5) is 20.2 Å². The van der Waals surface area contributed by atoms with Crippen LogP contribution in [0.5, 0.6) is 0 Å². The fraction of sp³-hybridized carbons (Fsp3) is 0.0714. The van der Waals surface area contributed by atoms with Crippen molar-refractivity contribution in [2.24, 2.45) is 0 Å². The Labute approximate surface area is 123 Å². The van der Waals surface area contributed by atoms with Gasteiger partial charge in [0.15, 0.2) is 0 Å². The summed E-state index contributed by atoms with van der Waals surface area (Å²) in [7, 11) is 0. The topological polar surface area (TPSA) is 41.1 Å². The molecule has 0 aromatic heterocycles. The van der Waals surface area contributed by atoms with Crippen LogP contribution in [0.25, 0.3) is 0 Å². The molecule has 0 fully saturated rings. The lowest BCUT2D eigenvalue weighted by Crippen LogP contribution is -2.21.